The third-order valence-electron chi connectivity index (χ3n) is 1.45. The minimum atomic E-state index is -4.78. The third kappa shape index (κ3) is 2.78. The molecule has 1 aromatic heterocycles. The van der Waals surface area contributed by atoms with Gasteiger partial charge in [-0.2, -0.15) is 13.2 Å². The minimum absolute atomic E-state index is 0.313. The van der Waals surface area contributed by atoms with Gasteiger partial charge in [0.05, 0.1) is 5.56 Å². The lowest BCUT2D eigenvalue weighted by Gasteiger charge is -2.12. The Morgan fingerprint density at radius 3 is 2.20 bits per heavy atom. The molecule has 9 heteroatoms. The van der Waals surface area contributed by atoms with Crippen LogP contribution in [0.1, 0.15) is 5.56 Å². The maximum atomic E-state index is 12.5. The molecular formula is C6H4F3IN2O2S. The summed E-state index contributed by atoms with van der Waals surface area (Å²) >= 11 is 1.35. The summed E-state index contributed by atoms with van der Waals surface area (Å²) in [7, 11) is -4.43. The number of nitrogens with zero attached hydrogens (tertiary/aromatic N) is 1. The number of halogens is 4. The monoisotopic (exact) mass is 352 g/mol. The van der Waals surface area contributed by atoms with Gasteiger partial charge in [0.2, 0.25) is 10.0 Å². The van der Waals surface area contributed by atoms with E-state index in [2.05, 4.69) is 10.1 Å². The topological polar surface area (TPSA) is 73.1 Å². The third-order valence-corrected chi connectivity index (χ3v) is 3.20. The lowest BCUT2D eigenvalue weighted by molar-refractivity contribution is -0.140. The van der Waals surface area contributed by atoms with E-state index in [-0.39, 0.29) is 3.57 Å². The van der Waals surface area contributed by atoms with Gasteiger partial charge < -0.3 is 0 Å². The van der Waals surface area contributed by atoms with Crippen molar-refractivity contribution in [2.45, 2.75) is 11.1 Å². The van der Waals surface area contributed by atoms with Gasteiger partial charge in [-0.05, 0) is 22.6 Å². The first-order chi connectivity index (χ1) is 6.64. The quantitative estimate of drug-likeness (QED) is 0.776. The van der Waals surface area contributed by atoms with Crippen LogP contribution < -0.4 is 5.14 Å². The molecule has 1 rings (SSSR count). The van der Waals surface area contributed by atoms with Crippen LogP contribution in [0.4, 0.5) is 13.2 Å². The second-order valence-corrected chi connectivity index (χ2v) is 5.23. The summed E-state index contributed by atoms with van der Waals surface area (Å²) in [5.41, 5.74) is -1.28. The number of nitrogens with two attached hydrogens (primary N) is 1. The van der Waals surface area contributed by atoms with Gasteiger partial charge >= 0.3 is 6.18 Å². The highest BCUT2D eigenvalue weighted by Gasteiger charge is 2.38. The summed E-state index contributed by atoms with van der Waals surface area (Å²) in [5.74, 6) is 0. The Kier molecular flexibility index (Phi) is 3.26. The summed E-state index contributed by atoms with van der Waals surface area (Å²) < 4.78 is 58.9. The second kappa shape index (κ2) is 3.87. The fourth-order valence-electron chi connectivity index (χ4n) is 0.908. The van der Waals surface area contributed by atoms with E-state index in [1.165, 1.54) is 22.6 Å². The van der Waals surface area contributed by atoms with Crippen LogP contribution >= 0.6 is 22.6 Å². The van der Waals surface area contributed by atoms with E-state index >= 15 is 0 Å². The molecule has 0 amide bonds. The first-order valence-electron chi connectivity index (χ1n) is 3.37. The molecule has 0 aliphatic rings. The molecule has 0 saturated carbocycles. The highest BCUT2D eigenvalue weighted by atomic mass is 127. The summed E-state index contributed by atoms with van der Waals surface area (Å²) in [6.07, 6.45) is -3.28. The van der Waals surface area contributed by atoms with Crippen LogP contribution in [0, 0.1) is 3.57 Å². The van der Waals surface area contributed by atoms with E-state index in [1.807, 2.05) is 0 Å². The molecule has 4 nitrogen and oxygen atoms in total. The predicted molar refractivity (Wildman–Crippen MR) is 53.3 cm³/mol. The second-order valence-electron chi connectivity index (χ2n) is 2.54. The molecule has 0 aromatic carbocycles. The van der Waals surface area contributed by atoms with Crippen molar-refractivity contribution in [1.82, 2.24) is 4.98 Å². The molecule has 0 aliphatic carbocycles. The van der Waals surface area contributed by atoms with Gasteiger partial charge in [0, 0.05) is 16.0 Å². The normalized spacial score (nSPS) is 12.9. The molecule has 0 atom stereocenters. The van der Waals surface area contributed by atoms with E-state index in [0.717, 1.165) is 6.20 Å². The first-order valence-corrected chi connectivity index (χ1v) is 6.00. The zero-order valence-electron chi connectivity index (χ0n) is 6.92. The van der Waals surface area contributed by atoms with Crippen LogP contribution in [-0.2, 0) is 16.2 Å². The number of alkyl halides is 3. The first kappa shape index (κ1) is 12.6. The summed E-state index contributed by atoms with van der Waals surface area (Å²) in [6, 6.07) is 0. The van der Waals surface area contributed by atoms with Gasteiger partial charge in [0.1, 0.15) is 4.90 Å². The zero-order chi connectivity index (χ0) is 11.9. The highest BCUT2D eigenvalue weighted by Crippen LogP contribution is 2.36. The lowest BCUT2D eigenvalue weighted by Crippen LogP contribution is -2.20. The van der Waals surface area contributed by atoms with Crippen LogP contribution in [-0.4, -0.2) is 13.4 Å². The van der Waals surface area contributed by atoms with E-state index in [4.69, 9.17) is 0 Å². The molecule has 0 aliphatic heterocycles. The van der Waals surface area contributed by atoms with Gasteiger partial charge in [-0.3, -0.25) is 4.98 Å². The molecule has 2 N–H and O–H groups in total. The number of sulfonamides is 1. The molecule has 0 spiro atoms. The van der Waals surface area contributed by atoms with Crippen molar-refractivity contribution in [2.75, 3.05) is 0 Å². The lowest BCUT2D eigenvalue weighted by atomic mass is 10.2. The van der Waals surface area contributed by atoms with Crippen molar-refractivity contribution in [1.29, 1.82) is 0 Å². The molecular weight excluding hydrogens is 348 g/mol. The Morgan fingerprint density at radius 1 is 1.33 bits per heavy atom. The van der Waals surface area contributed by atoms with Gasteiger partial charge in [-0.15, -0.1) is 0 Å². The number of rotatable bonds is 1. The van der Waals surface area contributed by atoms with Gasteiger partial charge in [0.25, 0.3) is 0 Å². The number of primary sulfonamides is 1. The largest absolute Gasteiger partial charge is 0.418 e. The smallest absolute Gasteiger partial charge is 0.262 e. The van der Waals surface area contributed by atoms with E-state index < -0.39 is 26.7 Å². The van der Waals surface area contributed by atoms with Crippen molar-refractivity contribution in [3.63, 3.8) is 0 Å². The van der Waals surface area contributed by atoms with Crippen molar-refractivity contribution < 1.29 is 21.6 Å². The SMILES string of the molecule is NS(=O)(=O)c1cncc(I)c1C(F)(F)F. The number of pyridine rings is 1. The summed E-state index contributed by atoms with van der Waals surface area (Å²) in [5, 5.41) is 4.65. The molecule has 0 unspecified atom stereocenters. The Hall–Kier alpha value is -0.420. The van der Waals surface area contributed by atoms with Gasteiger partial charge in [-0.25, -0.2) is 13.6 Å². The van der Waals surface area contributed by atoms with Crippen molar-refractivity contribution in [2.24, 2.45) is 5.14 Å². The predicted octanol–water partition coefficient (Wildman–Crippen LogP) is 1.35. The fraction of sp³-hybridized carbons (Fsp3) is 0.167. The molecule has 0 fully saturated rings. The van der Waals surface area contributed by atoms with Crippen molar-refractivity contribution in [3.8, 4) is 0 Å². The van der Waals surface area contributed by atoms with Gasteiger partial charge in [0.15, 0.2) is 0 Å². The maximum absolute atomic E-state index is 12.5. The minimum Gasteiger partial charge on any atom is -0.262 e. The van der Waals surface area contributed by atoms with E-state index in [9.17, 15) is 21.6 Å². The van der Waals surface area contributed by atoms with Crippen LogP contribution in [0.25, 0.3) is 0 Å². The molecule has 1 aromatic rings. The molecule has 0 saturated heterocycles. The molecule has 1 heterocycles. The molecule has 84 valence electrons. The average Bonchev–Trinajstić information content (AvgIpc) is 1.99. The van der Waals surface area contributed by atoms with Crippen LogP contribution in [0.5, 0.6) is 0 Å². The van der Waals surface area contributed by atoms with Gasteiger partial charge in [-0.1, -0.05) is 0 Å². The fourth-order valence-corrected chi connectivity index (χ4v) is 2.57. The molecule has 0 radical (unpaired) electrons. The summed E-state index contributed by atoms with van der Waals surface area (Å²) in [6.45, 7) is 0. The Labute approximate surface area is 96.9 Å². The summed E-state index contributed by atoms with van der Waals surface area (Å²) in [4.78, 5) is 2.35. The van der Waals surface area contributed by atoms with Crippen molar-refractivity contribution in [3.05, 3.63) is 21.5 Å². The van der Waals surface area contributed by atoms with E-state index in [0.29, 0.717) is 6.20 Å². The molecule has 0 bridgehead atoms. The number of aromatic nitrogens is 1. The van der Waals surface area contributed by atoms with Crippen LogP contribution in [0.3, 0.4) is 0 Å². The van der Waals surface area contributed by atoms with Crippen LogP contribution in [0.15, 0.2) is 17.3 Å². The Bertz CT molecular complexity index is 486. The number of hydrogen-bond acceptors (Lipinski definition) is 3. The van der Waals surface area contributed by atoms with E-state index in [1.54, 1.807) is 0 Å². The molecule has 15 heavy (non-hydrogen) atoms. The Morgan fingerprint density at radius 2 is 1.87 bits per heavy atom. The number of hydrogen-bond donors (Lipinski definition) is 1. The standard InChI is InChI=1S/C6H4F3IN2O2S/c7-6(8,9)5-3(10)1-12-2-4(5)15(11,13)14/h1-2H,(H2,11,13,14). The Balaban J connectivity index is 3.63. The maximum Gasteiger partial charge on any atom is 0.418 e. The van der Waals surface area contributed by atoms with Crippen molar-refractivity contribution >= 4 is 32.6 Å². The van der Waals surface area contributed by atoms with Crippen LogP contribution in [0.2, 0.25) is 0 Å². The highest BCUT2D eigenvalue weighted by molar-refractivity contribution is 14.1. The zero-order valence-corrected chi connectivity index (χ0v) is 9.89. The average molecular weight is 352 g/mol.